The van der Waals surface area contributed by atoms with Crippen LogP contribution in [0.4, 0.5) is 10.8 Å². The van der Waals surface area contributed by atoms with Crippen molar-refractivity contribution in [3.63, 3.8) is 0 Å². The van der Waals surface area contributed by atoms with Crippen LogP contribution in [-0.2, 0) is 14.8 Å². The Labute approximate surface area is 213 Å². The van der Waals surface area contributed by atoms with Gasteiger partial charge in [-0.05, 0) is 49.2 Å². The molecule has 0 radical (unpaired) electrons. The van der Waals surface area contributed by atoms with E-state index in [1.165, 1.54) is 55.5 Å². The molecule has 3 aromatic rings. The van der Waals surface area contributed by atoms with Gasteiger partial charge in [-0.15, -0.1) is 10.2 Å². The van der Waals surface area contributed by atoms with Crippen molar-refractivity contribution < 1.29 is 22.7 Å². The summed E-state index contributed by atoms with van der Waals surface area (Å²) in [7, 11) is -1.25. The smallest absolute Gasteiger partial charge is 0.264 e. The molecule has 2 aromatic carbocycles. The van der Waals surface area contributed by atoms with E-state index in [1.807, 2.05) is 33.8 Å². The molecule has 0 spiro atoms. The van der Waals surface area contributed by atoms with Crippen LogP contribution in [0.5, 0.6) is 11.5 Å². The van der Waals surface area contributed by atoms with E-state index in [1.54, 1.807) is 12.1 Å². The highest BCUT2D eigenvalue weighted by atomic mass is 32.2. The summed E-state index contributed by atoms with van der Waals surface area (Å²) in [5, 5.41) is 11.4. The minimum Gasteiger partial charge on any atom is -0.493 e. The van der Waals surface area contributed by atoms with Gasteiger partial charge in [0, 0.05) is 11.3 Å². The summed E-state index contributed by atoms with van der Waals surface area (Å²) in [6, 6.07) is 9.69. The lowest BCUT2D eigenvalue weighted by Gasteiger charge is -2.25. The number of benzene rings is 2. The highest BCUT2D eigenvalue weighted by Gasteiger charge is 2.29. The minimum absolute atomic E-state index is 0.0337. The summed E-state index contributed by atoms with van der Waals surface area (Å²) in [4.78, 5) is 12.9. The fraction of sp³-hybridized carbons (Fsp3) is 0.348. The zero-order chi connectivity index (χ0) is 25.8. The van der Waals surface area contributed by atoms with Crippen LogP contribution < -0.4 is 19.1 Å². The van der Waals surface area contributed by atoms with Gasteiger partial charge < -0.3 is 9.47 Å². The molecule has 35 heavy (non-hydrogen) atoms. The van der Waals surface area contributed by atoms with Gasteiger partial charge in [-0.2, -0.15) is 0 Å². The van der Waals surface area contributed by atoms with Gasteiger partial charge in [0.2, 0.25) is 11.0 Å². The molecule has 1 heterocycles. The molecule has 0 saturated heterocycles. The highest BCUT2D eigenvalue weighted by molar-refractivity contribution is 8.01. The molecule has 0 fully saturated rings. The number of thioether (sulfide) groups is 1. The molecule has 0 bridgehead atoms. The molecule has 1 N–H and O–H groups in total. The van der Waals surface area contributed by atoms with Crippen molar-refractivity contribution in [1.29, 1.82) is 0 Å². The zero-order valence-electron chi connectivity index (χ0n) is 20.4. The van der Waals surface area contributed by atoms with Crippen LogP contribution in [0.1, 0.15) is 25.0 Å². The van der Waals surface area contributed by atoms with Crippen LogP contribution in [0.15, 0.2) is 45.6 Å². The summed E-state index contributed by atoms with van der Waals surface area (Å²) in [5.74, 6) is 0.126. The third-order valence-electron chi connectivity index (χ3n) is 4.71. The highest BCUT2D eigenvalue weighted by Crippen LogP contribution is 2.33. The average molecular weight is 537 g/mol. The van der Waals surface area contributed by atoms with Crippen molar-refractivity contribution in [1.82, 2.24) is 10.2 Å². The maximum atomic E-state index is 13.8. The fourth-order valence-corrected chi connectivity index (χ4v) is 6.72. The molecular formula is C23H28N4O5S3. The SMILES string of the molecule is COc1ccc(S(=O)(=O)N(CC(=O)Nc2nnc(SC(C)C)s2)c2cc(C)cc(C)c2)cc1OC. The molecule has 0 aliphatic heterocycles. The van der Waals surface area contributed by atoms with Crippen molar-refractivity contribution in [3.05, 3.63) is 47.5 Å². The average Bonchev–Trinajstić information content (AvgIpc) is 3.21. The van der Waals surface area contributed by atoms with Crippen LogP contribution in [-0.4, -0.2) is 50.5 Å². The third kappa shape index (κ3) is 6.65. The second-order valence-corrected chi connectivity index (χ2v) is 12.6. The van der Waals surface area contributed by atoms with Crippen LogP contribution in [0.3, 0.4) is 0 Å². The monoisotopic (exact) mass is 536 g/mol. The first-order valence-electron chi connectivity index (χ1n) is 10.7. The van der Waals surface area contributed by atoms with Crippen molar-refractivity contribution >= 4 is 49.8 Å². The van der Waals surface area contributed by atoms with Crippen molar-refractivity contribution in [2.75, 3.05) is 30.4 Å². The normalized spacial score (nSPS) is 11.4. The molecule has 0 saturated carbocycles. The molecule has 9 nitrogen and oxygen atoms in total. The van der Waals surface area contributed by atoms with Crippen molar-refractivity contribution in [2.24, 2.45) is 0 Å². The summed E-state index contributed by atoms with van der Waals surface area (Å²) < 4.78 is 39.8. The first kappa shape index (κ1) is 26.8. The molecular weight excluding hydrogens is 508 g/mol. The Morgan fingerprint density at radius 1 is 1.06 bits per heavy atom. The number of carbonyl (C=O) groups excluding carboxylic acids is 1. The number of hydrogen-bond acceptors (Lipinski definition) is 9. The largest absolute Gasteiger partial charge is 0.493 e. The number of aromatic nitrogens is 2. The van der Waals surface area contributed by atoms with Gasteiger partial charge in [0.1, 0.15) is 6.54 Å². The number of amides is 1. The summed E-state index contributed by atoms with van der Waals surface area (Å²) in [5.41, 5.74) is 2.11. The Kier molecular flexibility index (Phi) is 8.62. The molecule has 12 heteroatoms. The number of ether oxygens (including phenoxy) is 2. The molecule has 0 aliphatic rings. The van der Waals surface area contributed by atoms with Gasteiger partial charge >= 0.3 is 0 Å². The van der Waals surface area contributed by atoms with E-state index in [-0.39, 0.29) is 10.6 Å². The first-order chi connectivity index (χ1) is 16.5. The summed E-state index contributed by atoms with van der Waals surface area (Å²) in [6.45, 7) is 7.35. The van der Waals surface area contributed by atoms with Crippen LogP contribution >= 0.6 is 23.1 Å². The van der Waals surface area contributed by atoms with Gasteiger partial charge in [-0.25, -0.2) is 8.42 Å². The van der Waals surface area contributed by atoms with Crippen molar-refractivity contribution in [2.45, 2.75) is 42.2 Å². The number of methoxy groups -OCH3 is 2. The zero-order valence-corrected chi connectivity index (χ0v) is 22.8. The number of sulfonamides is 1. The topological polar surface area (TPSA) is 111 Å². The van der Waals surface area contributed by atoms with Gasteiger partial charge in [0.05, 0.1) is 24.8 Å². The molecule has 1 aromatic heterocycles. The predicted octanol–water partition coefficient (Wildman–Crippen LogP) is 4.51. The molecule has 0 atom stereocenters. The Morgan fingerprint density at radius 2 is 1.71 bits per heavy atom. The molecule has 188 valence electrons. The Morgan fingerprint density at radius 3 is 2.31 bits per heavy atom. The third-order valence-corrected chi connectivity index (χ3v) is 8.41. The second kappa shape index (κ2) is 11.3. The summed E-state index contributed by atoms with van der Waals surface area (Å²) in [6.07, 6.45) is 0. The Bertz CT molecular complexity index is 1290. The number of rotatable bonds is 10. The Hall–Kier alpha value is -2.83. The van der Waals surface area contributed by atoms with E-state index >= 15 is 0 Å². The van der Waals surface area contributed by atoms with Gasteiger partial charge in [0.15, 0.2) is 15.8 Å². The van der Waals surface area contributed by atoms with E-state index in [9.17, 15) is 13.2 Å². The lowest BCUT2D eigenvalue weighted by molar-refractivity contribution is -0.114. The van der Waals surface area contributed by atoms with Gasteiger partial charge in [-0.1, -0.05) is 43.0 Å². The number of nitrogens with zero attached hydrogens (tertiary/aromatic N) is 3. The van der Waals surface area contributed by atoms with Crippen LogP contribution in [0, 0.1) is 13.8 Å². The van der Waals surface area contributed by atoms with Crippen molar-refractivity contribution in [3.8, 4) is 11.5 Å². The molecule has 0 aliphatic carbocycles. The molecule has 1 amide bonds. The van der Waals surface area contributed by atoms with E-state index in [4.69, 9.17) is 9.47 Å². The van der Waals surface area contributed by atoms with Gasteiger partial charge in [0.25, 0.3) is 10.0 Å². The number of anilines is 2. The van der Waals surface area contributed by atoms with Crippen LogP contribution in [0.25, 0.3) is 0 Å². The van der Waals surface area contributed by atoms with E-state index in [2.05, 4.69) is 15.5 Å². The maximum Gasteiger partial charge on any atom is 0.264 e. The minimum atomic E-state index is -4.14. The fourth-order valence-electron chi connectivity index (χ4n) is 3.31. The van der Waals surface area contributed by atoms with E-state index in [0.717, 1.165) is 19.8 Å². The Balaban J connectivity index is 1.96. The van der Waals surface area contributed by atoms with E-state index < -0.39 is 22.5 Å². The maximum absolute atomic E-state index is 13.8. The van der Waals surface area contributed by atoms with Crippen LogP contribution in [0.2, 0.25) is 0 Å². The number of carbonyl (C=O) groups is 1. The molecule has 3 rings (SSSR count). The predicted molar refractivity (Wildman–Crippen MR) is 140 cm³/mol. The number of nitrogens with one attached hydrogen (secondary N) is 1. The second-order valence-electron chi connectivity index (χ2n) is 7.96. The first-order valence-corrected chi connectivity index (χ1v) is 13.8. The molecule has 0 unspecified atom stereocenters. The number of hydrogen-bond donors (Lipinski definition) is 1. The lowest BCUT2D eigenvalue weighted by Crippen LogP contribution is -2.38. The van der Waals surface area contributed by atoms with E-state index in [0.29, 0.717) is 21.8 Å². The lowest BCUT2D eigenvalue weighted by atomic mass is 10.1. The quantitative estimate of drug-likeness (QED) is 0.298. The number of aryl methyl sites for hydroxylation is 2. The van der Waals surface area contributed by atoms with Gasteiger partial charge in [-0.3, -0.25) is 14.4 Å². The standard InChI is InChI=1S/C23H28N4O5S3/c1-14(2)33-23-26-25-22(34-23)24-21(28)13-27(17-10-15(3)9-16(4)11-17)35(29,30)18-7-8-19(31-5)20(12-18)32-6/h7-12,14H,13H2,1-6H3,(H,24,25,28). The summed E-state index contributed by atoms with van der Waals surface area (Å²) >= 11 is 2.77.